The van der Waals surface area contributed by atoms with Crippen molar-refractivity contribution < 1.29 is 0 Å². The fourth-order valence-corrected chi connectivity index (χ4v) is 3.62. The lowest BCUT2D eigenvalue weighted by atomic mass is 10.1. The average molecular weight is 281 g/mol. The van der Waals surface area contributed by atoms with Crippen LogP contribution in [-0.4, -0.2) is 34.1 Å². The molecule has 1 aromatic heterocycles. The monoisotopic (exact) mass is 281 g/mol. The molecule has 2 heterocycles. The predicted octanol–water partition coefficient (Wildman–Crippen LogP) is 2.05. The zero-order valence-corrected chi connectivity index (χ0v) is 12.5. The third-order valence-electron chi connectivity index (χ3n) is 3.45. The minimum absolute atomic E-state index is 0.701. The Morgan fingerprint density at radius 3 is 3.00 bits per heavy atom. The molecule has 3 N–H and O–H groups in total. The fraction of sp³-hybridized carbons (Fsp3) is 0.692. The molecule has 0 spiro atoms. The lowest BCUT2D eigenvalue weighted by Gasteiger charge is -2.34. The van der Waals surface area contributed by atoms with E-state index < -0.39 is 0 Å². The highest BCUT2D eigenvalue weighted by molar-refractivity contribution is 8.00. The minimum atomic E-state index is 0.701. The molecule has 0 amide bonds. The molecule has 106 valence electrons. The zero-order chi connectivity index (χ0) is 13.7. The summed E-state index contributed by atoms with van der Waals surface area (Å²) in [6, 6.07) is 0. The van der Waals surface area contributed by atoms with Crippen molar-refractivity contribution in [3.8, 4) is 0 Å². The standard InChI is InChI=1S/C13H23N5S/c1-3-5-11-12(17-14)15-9-16-13(11)18-6-7-19-10(4-2)8-18/h9-10H,3-8,14H2,1-2H3,(H,15,16,17). The lowest BCUT2D eigenvalue weighted by molar-refractivity contribution is 0.712. The van der Waals surface area contributed by atoms with Gasteiger partial charge in [-0.3, -0.25) is 0 Å². The van der Waals surface area contributed by atoms with Crippen LogP contribution in [0.15, 0.2) is 6.33 Å². The maximum atomic E-state index is 5.57. The molecule has 0 saturated carbocycles. The van der Waals surface area contributed by atoms with Crippen LogP contribution in [-0.2, 0) is 6.42 Å². The summed E-state index contributed by atoms with van der Waals surface area (Å²) >= 11 is 2.07. The second kappa shape index (κ2) is 6.96. The normalized spacial score (nSPS) is 19.5. The SMILES string of the molecule is CCCc1c(NN)ncnc1N1CCSC(CC)C1. The van der Waals surface area contributed by atoms with E-state index in [4.69, 9.17) is 5.84 Å². The van der Waals surface area contributed by atoms with Crippen molar-refractivity contribution in [2.45, 2.75) is 38.4 Å². The van der Waals surface area contributed by atoms with Crippen LogP contribution in [0.5, 0.6) is 0 Å². The molecule has 2 rings (SSSR count). The number of nitrogen functional groups attached to an aromatic ring is 1. The minimum Gasteiger partial charge on any atom is -0.354 e. The highest BCUT2D eigenvalue weighted by Gasteiger charge is 2.23. The molecular formula is C13H23N5S. The molecule has 1 aromatic rings. The summed E-state index contributed by atoms with van der Waals surface area (Å²) in [5.74, 6) is 8.56. The van der Waals surface area contributed by atoms with E-state index in [9.17, 15) is 0 Å². The second-order valence-corrected chi connectivity index (χ2v) is 6.17. The third kappa shape index (κ3) is 3.30. The molecule has 0 radical (unpaired) electrons. The molecule has 1 atom stereocenters. The quantitative estimate of drug-likeness (QED) is 0.636. The molecule has 19 heavy (non-hydrogen) atoms. The number of hydrogen-bond donors (Lipinski definition) is 2. The Bertz CT molecular complexity index is 412. The third-order valence-corrected chi connectivity index (χ3v) is 4.83. The number of aromatic nitrogens is 2. The van der Waals surface area contributed by atoms with Crippen LogP contribution in [0, 0.1) is 0 Å². The van der Waals surface area contributed by atoms with Gasteiger partial charge in [-0.2, -0.15) is 11.8 Å². The van der Waals surface area contributed by atoms with Gasteiger partial charge in [-0.05, 0) is 12.8 Å². The van der Waals surface area contributed by atoms with Crippen molar-refractivity contribution in [3.05, 3.63) is 11.9 Å². The Labute approximate surface area is 119 Å². The molecular weight excluding hydrogens is 258 g/mol. The number of hydrogen-bond acceptors (Lipinski definition) is 6. The Balaban J connectivity index is 2.27. The topological polar surface area (TPSA) is 67.1 Å². The van der Waals surface area contributed by atoms with E-state index >= 15 is 0 Å². The number of nitrogens with zero attached hydrogens (tertiary/aromatic N) is 3. The number of nitrogens with one attached hydrogen (secondary N) is 1. The maximum Gasteiger partial charge on any atom is 0.148 e. The van der Waals surface area contributed by atoms with Crippen LogP contribution >= 0.6 is 11.8 Å². The van der Waals surface area contributed by atoms with Crippen LogP contribution in [0.2, 0.25) is 0 Å². The molecule has 1 fully saturated rings. The van der Waals surface area contributed by atoms with Crippen LogP contribution in [0.3, 0.4) is 0 Å². The van der Waals surface area contributed by atoms with Gasteiger partial charge in [0.05, 0.1) is 0 Å². The summed E-state index contributed by atoms with van der Waals surface area (Å²) in [4.78, 5) is 11.1. The lowest BCUT2D eigenvalue weighted by Crippen LogP contribution is -2.39. The summed E-state index contributed by atoms with van der Waals surface area (Å²) < 4.78 is 0. The van der Waals surface area contributed by atoms with Gasteiger partial charge in [-0.15, -0.1) is 0 Å². The van der Waals surface area contributed by atoms with Crippen LogP contribution in [0.25, 0.3) is 0 Å². The number of nitrogens with two attached hydrogens (primary N) is 1. The molecule has 0 aliphatic carbocycles. The molecule has 0 aromatic carbocycles. The van der Waals surface area contributed by atoms with Gasteiger partial charge in [0.25, 0.3) is 0 Å². The molecule has 1 unspecified atom stereocenters. The van der Waals surface area contributed by atoms with E-state index in [1.807, 2.05) is 0 Å². The fourth-order valence-electron chi connectivity index (χ4n) is 2.44. The van der Waals surface area contributed by atoms with Crippen LogP contribution in [0.1, 0.15) is 32.3 Å². The molecule has 1 saturated heterocycles. The molecule has 0 bridgehead atoms. The Kier molecular flexibility index (Phi) is 5.27. The number of hydrazine groups is 1. The van der Waals surface area contributed by atoms with E-state index in [1.165, 1.54) is 12.2 Å². The summed E-state index contributed by atoms with van der Waals surface area (Å²) in [6.07, 6.45) is 4.83. The molecule has 1 aliphatic rings. The van der Waals surface area contributed by atoms with Gasteiger partial charge in [0.2, 0.25) is 0 Å². The van der Waals surface area contributed by atoms with Crippen molar-refractivity contribution in [1.82, 2.24) is 9.97 Å². The maximum absolute atomic E-state index is 5.57. The summed E-state index contributed by atoms with van der Waals surface area (Å²) in [6.45, 7) is 6.54. The first-order chi connectivity index (χ1) is 9.30. The number of anilines is 2. The van der Waals surface area contributed by atoms with E-state index in [0.29, 0.717) is 5.25 Å². The van der Waals surface area contributed by atoms with Gasteiger partial charge >= 0.3 is 0 Å². The van der Waals surface area contributed by atoms with Crippen molar-refractivity contribution >= 4 is 23.4 Å². The second-order valence-electron chi connectivity index (χ2n) is 4.77. The van der Waals surface area contributed by atoms with Crippen molar-refractivity contribution in [3.63, 3.8) is 0 Å². The van der Waals surface area contributed by atoms with Gasteiger partial charge in [0, 0.05) is 29.7 Å². The zero-order valence-electron chi connectivity index (χ0n) is 11.7. The van der Waals surface area contributed by atoms with Gasteiger partial charge < -0.3 is 10.3 Å². The molecule has 6 heteroatoms. The predicted molar refractivity (Wildman–Crippen MR) is 82.6 cm³/mol. The summed E-state index contributed by atoms with van der Waals surface area (Å²) in [5.41, 5.74) is 3.85. The van der Waals surface area contributed by atoms with E-state index in [-0.39, 0.29) is 0 Å². The van der Waals surface area contributed by atoms with E-state index in [2.05, 4.69) is 45.9 Å². The molecule has 5 nitrogen and oxygen atoms in total. The highest BCUT2D eigenvalue weighted by atomic mass is 32.2. The Morgan fingerprint density at radius 2 is 2.32 bits per heavy atom. The Hall–Kier alpha value is -1.01. The summed E-state index contributed by atoms with van der Waals surface area (Å²) in [7, 11) is 0. The van der Waals surface area contributed by atoms with Crippen molar-refractivity contribution in [2.75, 3.05) is 29.2 Å². The van der Waals surface area contributed by atoms with Crippen molar-refractivity contribution in [2.24, 2.45) is 5.84 Å². The Morgan fingerprint density at radius 1 is 1.47 bits per heavy atom. The first kappa shape index (κ1) is 14.4. The van der Waals surface area contributed by atoms with Crippen LogP contribution in [0.4, 0.5) is 11.6 Å². The van der Waals surface area contributed by atoms with E-state index in [1.54, 1.807) is 6.33 Å². The van der Waals surface area contributed by atoms with Crippen molar-refractivity contribution in [1.29, 1.82) is 0 Å². The van der Waals surface area contributed by atoms with Gasteiger partial charge in [-0.25, -0.2) is 15.8 Å². The first-order valence-electron chi connectivity index (χ1n) is 6.97. The van der Waals surface area contributed by atoms with E-state index in [0.717, 1.165) is 43.1 Å². The van der Waals surface area contributed by atoms with Gasteiger partial charge in [0.1, 0.15) is 18.0 Å². The number of rotatable bonds is 5. The average Bonchev–Trinajstić information content (AvgIpc) is 2.48. The van der Waals surface area contributed by atoms with Crippen LogP contribution < -0.4 is 16.2 Å². The summed E-state index contributed by atoms with van der Waals surface area (Å²) in [5, 5.41) is 0.701. The van der Waals surface area contributed by atoms with Gasteiger partial charge in [-0.1, -0.05) is 20.3 Å². The largest absolute Gasteiger partial charge is 0.354 e. The number of thioether (sulfide) groups is 1. The highest BCUT2D eigenvalue weighted by Crippen LogP contribution is 2.29. The first-order valence-corrected chi connectivity index (χ1v) is 8.02. The molecule has 1 aliphatic heterocycles. The smallest absolute Gasteiger partial charge is 0.148 e. The van der Waals surface area contributed by atoms with Gasteiger partial charge in [0.15, 0.2) is 0 Å².